The van der Waals surface area contributed by atoms with Crippen LogP contribution in [0.25, 0.3) is 0 Å². The minimum absolute atomic E-state index is 0.669. The third-order valence-electron chi connectivity index (χ3n) is 4.18. The van der Waals surface area contributed by atoms with Gasteiger partial charge in [-0.15, -0.1) is 0 Å². The zero-order valence-electron chi connectivity index (χ0n) is 10.8. The first-order chi connectivity index (χ1) is 7.79. The van der Waals surface area contributed by atoms with E-state index in [-0.39, 0.29) is 0 Å². The van der Waals surface area contributed by atoms with E-state index in [1.807, 2.05) is 7.05 Å². The van der Waals surface area contributed by atoms with Crippen molar-refractivity contribution in [1.82, 2.24) is 10.2 Å². The highest BCUT2D eigenvalue weighted by molar-refractivity contribution is 5.80. The molecule has 0 atom stereocenters. The molecule has 0 amide bonds. The molecule has 1 aliphatic carbocycles. The SMILES string of the molecule is CCCCNC(=NC)N1CCC2(CCC2)C1. The number of guanidine groups is 1. The van der Waals surface area contributed by atoms with Gasteiger partial charge in [-0.05, 0) is 31.1 Å². The Morgan fingerprint density at radius 3 is 2.69 bits per heavy atom. The van der Waals surface area contributed by atoms with Crippen LogP contribution in [0.2, 0.25) is 0 Å². The molecule has 0 bridgehead atoms. The fraction of sp³-hybridized carbons (Fsp3) is 0.923. The summed E-state index contributed by atoms with van der Waals surface area (Å²) < 4.78 is 0. The van der Waals surface area contributed by atoms with Gasteiger partial charge >= 0.3 is 0 Å². The monoisotopic (exact) mass is 223 g/mol. The Balaban J connectivity index is 1.81. The first-order valence-electron chi connectivity index (χ1n) is 6.75. The van der Waals surface area contributed by atoms with Gasteiger partial charge in [-0.3, -0.25) is 4.99 Å². The summed E-state index contributed by atoms with van der Waals surface area (Å²) in [6.07, 6.45) is 8.17. The maximum absolute atomic E-state index is 4.40. The molecule has 1 N–H and O–H groups in total. The van der Waals surface area contributed by atoms with Crippen molar-refractivity contribution in [2.24, 2.45) is 10.4 Å². The standard InChI is InChI=1S/C13H25N3/c1-3-4-9-15-12(14-2)16-10-8-13(11-16)6-5-7-13/h3-11H2,1-2H3,(H,14,15). The third-order valence-corrected chi connectivity index (χ3v) is 4.18. The molecule has 0 aromatic heterocycles. The van der Waals surface area contributed by atoms with Crippen molar-refractivity contribution < 1.29 is 0 Å². The molecule has 1 saturated heterocycles. The molecule has 3 heteroatoms. The van der Waals surface area contributed by atoms with E-state index in [4.69, 9.17) is 0 Å². The number of aliphatic imine (C=N–C) groups is 1. The second kappa shape index (κ2) is 5.07. The van der Waals surface area contributed by atoms with Gasteiger partial charge in [-0.1, -0.05) is 19.8 Å². The molecule has 16 heavy (non-hydrogen) atoms. The van der Waals surface area contributed by atoms with Gasteiger partial charge in [-0.25, -0.2) is 0 Å². The van der Waals surface area contributed by atoms with Gasteiger partial charge in [0.2, 0.25) is 0 Å². The molecular weight excluding hydrogens is 198 g/mol. The largest absolute Gasteiger partial charge is 0.356 e. The van der Waals surface area contributed by atoms with Crippen LogP contribution in [0.5, 0.6) is 0 Å². The molecule has 92 valence electrons. The molecule has 2 aliphatic rings. The first-order valence-corrected chi connectivity index (χ1v) is 6.75. The Morgan fingerprint density at radius 1 is 1.38 bits per heavy atom. The first kappa shape index (κ1) is 11.7. The molecule has 3 nitrogen and oxygen atoms in total. The van der Waals surface area contributed by atoms with Crippen LogP contribution in [0, 0.1) is 5.41 Å². The molecule has 1 aliphatic heterocycles. The van der Waals surface area contributed by atoms with E-state index in [9.17, 15) is 0 Å². The molecule has 1 saturated carbocycles. The lowest BCUT2D eigenvalue weighted by Gasteiger charge is -2.38. The Hall–Kier alpha value is -0.730. The Labute approximate surface area is 99.3 Å². The van der Waals surface area contributed by atoms with Gasteiger partial charge in [-0.2, -0.15) is 0 Å². The van der Waals surface area contributed by atoms with E-state index in [2.05, 4.69) is 22.1 Å². The Bertz CT molecular complexity index is 256. The number of nitrogens with zero attached hydrogens (tertiary/aromatic N) is 2. The highest BCUT2D eigenvalue weighted by atomic mass is 15.3. The van der Waals surface area contributed by atoms with Crippen molar-refractivity contribution in [3.8, 4) is 0 Å². The average Bonchev–Trinajstić information content (AvgIpc) is 2.69. The lowest BCUT2D eigenvalue weighted by Crippen LogP contribution is -2.42. The van der Waals surface area contributed by atoms with Crippen LogP contribution in [-0.4, -0.2) is 37.5 Å². The van der Waals surface area contributed by atoms with E-state index in [1.165, 1.54) is 51.6 Å². The van der Waals surface area contributed by atoms with Crippen molar-refractivity contribution in [1.29, 1.82) is 0 Å². The maximum Gasteiger partial charge on any atom is 0.193 e. The van der Waals surface area contributed by atoms with E-state index in [0.29, 0.717) is 5.41 Å². The van der Waals surface area contributed by atoms with Crippen molar-refractivity contribution in [3.05, 3.63) is 0 Å². The fourth-order valence-corrected chi connectivity index (χ4v) is 2.91. The molecule has 0 aromatic carbocycles. The molecule has 0 radical (unpaired) electrons. The highest BCUT2D eigenvalue weighted by Crippen LogP contribution is 2.47. The van der Waals surface area contributed by atoms with Crippen LogP contribution in [0.3, 0.4) is 0 Å². The smallest absolute Gasteiger partial charge is 0.193 e. The number of unbranched alkanes of at least 4 members (excludes halogenated alkanes) is 1. The summed E-state index contributed by atoms with van der Waals surface area (Å²) in [5.74, 6) is 1.12. The Kier molecular flexibility index (Phi) is 3.72. The predicted molar refractivity (Wildman–Crippen MR) is 68.7 cm³/mol. The van der Waals surface area contributed by atoms with Crippen LogP contribution < -0.4 is 5.32 Å². The maximum atomic E-state index is 4.40. The predicted octanol–water partition coefficient (Wildman–Crippen LogP) is 2.24. The van der Waals surface area contributed by atoms with Gasteiger partial charge in [0.05, 0.1) is 0 Å². The summed E-state index contributed by atoms with van der Waals surface area (Å²) in [4.78, 5) is 6.85. The van der Waals surface area contributed by atoms with Gasteiger partial charge in [0.25, 0.3) is 0 Å². The lowest BCUT2D eigenvalue weighted by atomic mass is 9.68. The zero-order chi connectivity index (χ0) is 11.4. The average molecular weight is 223 g/mol. The molecule has 0 unspecified atom stereocenters. The molecule has 2 rings (SSSR count). The summed E-state index contributed by atoms with van der Waals surface area (Å²) in [7, 11) is 1.90. The van der Waals surface area contributed by atoms with E-state index in [1.54, 1.807) is 0 Å². The Morgan fingerprint density at radius 2 is 2.19 bits per heavy atom. The summed E-state index contributed by atoms with van der Waals surface area (Å²) in [5, 5.41) is 3.47. The summed E-state index contributed by atoms with van der Waals surface area (Å²) in [6.45, 7) is 5.72. The number of hydrogen-bond acceptors (Lipinski definition) is 1. The molecule has 2 fully saturated rings. The van der Waals surface area contributed by atoms with E-state index >= 15 is 0 Å². The van der Waals surface area contributed by atoms with Crippen LogP contribution in [-0.2, 0) is 0 Å². The number of likely N-dealkylation sites (tertiary alicyclic amines) is 1. The van der Waals surface area contributed by atoms with Gasteiger partial charge in [0.1, 0.15) is 0 Å². The fourth-order valence-electron chi connectivity index (χ4n) is 2.91. The minimum Gasteiger partial charge on any atom is -0.356 e. The topological polar surface area (TPSA) is 27.6 Å². The van der Waals surface area contributed by atoms with Crippen molar-refractivity contribution in [2.45, 2.75) is 45.4 Å². The lowest BCUT2D eigenvalue weighted by molar-refractivity contribution is 0.151. The molecule has 1 heterocycles. The normalized spacial score (nSPS) is 23.6. The zero-order valence-corrected chi connectivity index (χ0v) is 10.8. The van der Waals surface area contributed by atoms with Crippen LogP contribution in [0.1, 0.15) is 45.4 Å². The van der Waals surface area contributed by atoms with Gasteiger partial charge in [0, 0.05) is 26.7 Å². The second-order valence-corrected chi connectivity index (χ2v) is 5.35. The van der Waals surface area contributed by atoms with E-state index < -0.39 is 0 Å². The number of hydrogen-bond donors (Lipinski definition) is 1. The minimum atomic E-state index is 0.669. The van der Waals surface area contributed by atoms with Crippen molar-refractivity contribution in [2.75, 3.05) is 26.7 Å². The summed E-state index contributed by atoms with van der Waals surface area (Å²) in [6, 6.07) is 0. The molecule has 1 spiro atoms. The second-order valence-electron chi connectivity index (χ2n) is 5.35. The van der Waals surface area contributed by atoms with Gasteiger partial charge < -0.3 is 10.2 Å². The van der Waals surface area contributed by atoms with Crippen molar-refractivity contribution >= 4 is 5.96 Å². The van der Waals surface area contributed by atoms with Crippen LogP contribution in [0.4, 0.5) is 0 Å². The third kappa shape index (κ3) is 2.33. The highest BCUT2D eigenvalue weighted by Gasteiger charge is 2.43. The van der Waals surface area contributed by atoms with Crippen LogP contribution >= 0.6 is 0 Å². The number of rotatable bonds is 3. The summed E-state index contributed by atoms with van der Waals surface area (Å²) >= 11 is 0. The summed E-state index contributed by atoms with van der Waals surface area (Å²) in [5.41, 5.74) is 0.669. The quantitative estimate of drug-likeness (QED) is 0.451. The molecule has 0 aromatic rings. The van der Waals surface area contributed by atoms with E-state index in [0.717, 1.165) is 12.5 Å². The number of nitrogens with one attached hydrogen (secondary N) is 1. The molecular formula is C13H25N3. The van der Waals surface area contributed by atoms with Gasteiger partial charge in [0.15, 0.2) is 5.96 Å². The van der Waals surface area contributed by atoms with Crippen molar-refractivity contribution in [3.63, 3.8) is 0 Å². The van der Waals surface area contributed by atoms with Crippen LogP contribution in [0.15, 0.2) is 4.99 Å².